The molecular formula is C24H25F2N3O3S. The van der Waals surface area contributed by atoms with Crippen molar-refractivity contribution in [3.05, 3.63) is 59.7 Å². The molecule has 0 fully saturated rings. The van der Waals surface area contributed by atoms with Crippen molar-refractivity contribution >= 4 is 40.2 Å². The smallest absolute Gasteiger partial charge is 0.247 e. The van der Waals surface area contributed by atoms with Crippen LogP contribution in [-0.2, 0) is 21.4 Å². The van der Waals surface area contributed by atoms with Gasteiger partial charge in [-0.15, -0.1) is 0 Å². The highest BCUT2D eigenvalue weighted by Gasteiger charge is 2.40. The van der Waals surface area contributed by atoms with Gasteiger partial charge in [-0.2, -0.15) is 0 Å². The molecule has 174 valence electrons. The molecule has 2 heterocycles. The summed E-state index contributed by atoms with van der Waals surface area (Å²) in [6.45, 7) is 3.31. The molecule has 33 heavy (non-hydrogen) atoms. The zero-order valence-electron chi connectivity index (χ0n) is 18.4. The predicted octanol–water partition coefficient (Wildman–Crippen LogP) is 4.18. The van der Waals surface area contributed by atoms with Gasteiger partial charge in [0.25, 0.3) is 0 Å². The summed E-state index contributed by atoms with van der Waals surface area (Å²) in [6.07, 6.45) is 0.600. The van der Waals surface area contributed by atoms with Crippen LogP contribution in [-0.4, -0.2) is 41.9 Å². The summed E-state index contributed by atoms with van der Waals surface area (Å²) in [5.74, 6) is -2.49. The highest BCUT2D eigenvalue weighted by Crippen LogP contribution is 2.43. The van der Waals surface area contributed by atoms with E-state index in [0.29, 0.717) is 31.7 Å². The maximum Gasteiger partial charge on any atom is 0.247 e. The first-order valence-corrected chi connectivity index (χ1v) is 11.7. The van der Waals surface area contributed by atoms with Crippen LogP contribution in [0, 0.1) is 11.6 Å². The van der Waals surface area contributed by atoms with Crippen LogP contribution in [0.4, 0.5) is 14.5 Å². The Morgan fingerprint density at radius 1 is 1.24 bits per heavy atom. The van der Waals surface area contributed by atoms with Crippen molar-refractivity contribution in [3.63, 3.8) is 0 Å². The van der Waals surface area contributed by atoms with Crippen LogP contribution < -0.4 is 10.2 Å². The van der Waals surface area contributed by atoms with Gasteiger partial charge in [-0.3, -0.25) is 14.5 Å². The molecule has 4 rings (SSSR count). The van der Waals surface area contributed by atoms with E-state index in [0.717, 1.165) is 33.0 Å². The fraction of sp³-hybridized carbons (Fsp3) is 0.333. The molecule has 3 aromatic rings. The number of ether oxygens (including phenoxy) is 1. The number of thioether (sulfide) groups is 1. The Hall–Kier alpha value is -2.91. The number of hydrogen-bond donors (Lipinski definition) is 1. The number of fused-ring (bicyclic) bond motifs is 3. The summed E-state index contributed by atoms with van der Waals surface area (Å²) >= 11 is 1.31. The number of amides is 2. The minimum Gasteiger partial charge on any atom is -0.382 e. The van der Waals surface area contributed by atoms with Gasteiger partial charge < -0.3 is 14.6 Å². The van der Waals surface area contributed by atoms with Crippen LogP contribution in [0.25, 0.3) is 10.9 Å². The summed E-state index contributed by atoms with van der Waals surface area (Å²) in [6, 6.07) is 9.49. The van der Waals surface area contributed by atoms with Gasteiger partial charge in [-0.1, -0.05) is 30.0 Å². The number of anilines is 1. The minimum atomic E-state index is -1.11. The fourth-order valence-electron chi connectivity index (χ4n) is 4.14. The molecule has 1 atom stereocenters. The van der Waals surface area contributed by atoms with Crippen molar-refractivity contribution in [2.75, 3.05) is 30.4 Å². The van der Waals surface area contributed by atoms with Gasteiger partial charge in [-0.05, 0) is 31.5 Å². The molecule has 1 N–H and O–H groups in total. The van der Waals surface area contributed by atoms with E-state index in [1.807, 2.05) is 42.8 Å². The van der Waals surface area contributed by atoms with Crippen LogP contribution in [0.15, 0.2) is 47.5 Å². The van der Waals surface area contributed by atoms with Gasteiger partial charge in [0.15, 0.2) is 0 Å². The van der Waals surface area contributed by atoms with Gasteiger partial charge in [0, 0.05) is 49.3 Å². The molecular weight excluding hydrogens is 448 g/mol. The number of aromatic nitrogens is 1. The Balaban J connectivity index is 1.83. The van der Waals surface area contributed by atoms with Gasteiger partial charge in [0.2, 0.25) is 11.8 Å². The lowest BCUT2D eigenvalue weighted by Gasteiger charge is -2.30. The maximum atomic E-state index is 14.9. The second kappa shape index (κ2) is 9.93. The lowest BCUT2D eigenvalue weighted by Crippen LogP contribution is -2.44. The number of rotatable bonds is 7. The molecule has 1 aliphatic rings. The number of hydrogen-bond acceptors (Lipinski definition) is 4. The van der Waals surface area contributed by atoms with Crippen molar-refractivity contribution in [2.45, 2.75) is 24.4 Å². The van der Waals surface area contributed by atoms with E-state index in [-0.39, 0.29) is 11.4 Å². The van der Waals surface area contributed by atoms with Crippen LogP contribution in [0.3, 0.4) is 0 Å². The SMILES string of the molecule is CCOCCCNC(=O)[C@H]1c2c(n(C)c3ccccc23)SCC(=O)N1c1ccc(F)cc1F. The predicted molar refractivity (Wildman–Crippen MR) is 124 cm³/mol. The lowest BCUT2D eigenvalue weighted by atomic mass is 10.0. The van der Waals surface area contributed by atoms with Gasteiger partial charge in [0.05, 0.1) is 16.5 Å². The monoisotopic (exact) mass is 473 g/mol. The number of para-hydroxylation sites is 1. The van der Waals surface area contributed by atoms with E-state index in [1.165, 1.54) is 17.8 Å². The number of halogens is 2. The van der Waals surface area contributed by atoms with E-state index in [2.05, 4.69) is 5.32 Å². The van der Waals surface area contributed by atoms with E-state index >= 15 is 0 Å². The lowest BCUT2D eigenvalue weighted by molar-refractivity contribution is -0.125. The quantitative estimate of drug-likeness (QED) is 0.523. The molecule has 6 nitrogen and oxygen atoms in total. The molecule has 0 saturated heterocycles. The van der Waals surface area contributed by atoms with Crippen molar-refractivity contribution in [1.82, 2.24) is 9.88 Å². The average Bonchev–Trinajstić information content (AvgIpc) is 2.97. The third-order valence-electron chi connectivity index (χ3n) is 5.61. The molecule has 9 heteroatoms. The Bertz CT molecular complexity index is 1200. The first-order chi connectivity index (χ1) is 15.9. The standard InChI is InChI=1S/C24H25F2N3O3S/c1-3-32-12-6-11-27-23(31)22-21-16-7-4-5-8-18(16)28(2)24(21)33-14-20(30)29(22)19-10-9-15(25)13-17(19)26/h4-5,7-10,13,22H,3,6,11-12,14H2,1-2H3,(H,27,31)/t22-/m1/s1. The molecule has 0 spiro atoms. The van der Waals surface area contributed by atoms with E-state index in [1.54, 1.807) is 0 Å². The van der Waals surface area contributed by atoms with Crippen molar-refractivity contribution in [2.24, 2.45) is 7.05 Å². The third-order valence-corrected chi connectivity index (χ3v) is 6.77. The highest BCUT2D eigenvalue weighted by atomic mass is 32.2. The number of nitrogens with zero attached hydrogens (tertiary/aromatic N) is 2. The Labute approximate surface area is 194 Å². The van der Waals surface area contributed by atoms with Crippen LogP contribution in [0.5, 0.6) is 0 Å². The van der Waals surface area contributed by atoms with Gasteiger partial charge in [0.1, 0.15) is 17.7 Å². The molecule has 0 radical (unpaired) electrons. The average molecular weight is 474 g/mol. The summed E-state index contributed by atoms with van der Waals surface area (Å²) in [5, 5.41) is 4.45. The molecule has 1 aliphatic heterocycles. The van der Waals surface area contributed by atoms with Crippen molar-refractivity contribution < 1.29 is 23.1 Å². The fourth-order valence-corrected chi connectivity index (χ4v) is 5.20. The van der Waals surface area contributed by atoms with Crippen molar-refractivity contribution in [1.29, 1.82) is 0 Å². The number of nitrogens with one attached hydrogen (secondary N) is 1. The Morgan fingerprint density at radius 2 is 2.03 bits per heavy atom. The zero-order valence-corrected chi connectivity index (χ0v) is 19.3. The number of carbonyl (C=O) groups excluding carboxylic acids is 2. The highest BCUT2D eigenvalue weighted by molar-refractivity contribution is 8.00. The second-order valence-corrected chi connectivity index (χ2v) is 8.65. The molecule has 2 aromatic carbocycles. The van der Waals surface area contributed by atoms with Crippen molar-refractivity contribution in [3.8, 4) is 0 Å². The largest absolute Gasteiger partial charge is 0.382 e. The molecule has 0 bridgehead atoms. The van der Waals surface area contributed by atoms with Crippen LogP contribution >= 0.6 is 11.8 Å². The second-order valence-electron chi connectivity index (χ2n) is 7.69. The maximum absolute atomic E-state index is 14.9. The number of carbonyl (C=O) groups is 2. The Kier molecular flexibility index (Phi) is 6.99. The van der Waals surface area contributed by atoms with E-state index in [4.69, 9.17) is 4.74 Å². The van der Waals surface area contributed by atoms with E-state index in [9.17, 15) is 18.4 Å². The van der Waals surface area contributed by atoms with Gasteiger partial charge in [-0.25, -0.2) is 8.78 Å². The summed E-state index contributed by atoms with van der Waals surface area (Å²) in [5.41, 5.74) is 1.41. The first kappa shape index (κ1) is 23.3. The zero-order chi connectivity index (χ0) is 23.5. The van der Waals surface area contributed by atoms with E-state index < -0.39 is 29.5 Å². The van der Waals surface area contributed by atoms with Crippen LogP contribution in [0.1, 0.15) is 24.9 Å². The normalized spacial score (nSPS) is 16.1. The molecule has 0 aliphatic carbocycles. The summed E-state index contributed by atoms with van der Waals surface area (Å²) in [7, 11) is 1.88. The third kappa shape index (κ3) is 4.47. The molecule has 1 aromatic heterocycles. The molecule has 2 amide bonds. The molecule has 0 unspecified atom stereocenters. The Morgan fingerprint density at radius 3 is 2.79 bits per heavy atom. The summed E-state index contributed by atoms with van der Waals surface area (Å²) in [4.78, 5) is 27.9. The number of benzene rings is 2. The van der Waals surface area contributed by atoms with Crippen LogP contribution in [0.2, 0.25) is 0 Å². The minimum absolute atomic E-state index is 0.0160. The summed E-state index contributed by atoms with van der Waals surface area (Å²) < 4.78 is 35.8. The van der Waals surface area contributed by atoms with Gasteiger partial charge >= 0.3 is 0 Å². The first-order valence-electron chi connectivity index (χ1n) is 10.8. The topological polar surface area (TPSA) is 63.6 Å². The molecule has 0 saturated carbocycles. The number of aryl methyl sites for hydroxylation is 1.